The van der Waals surface area contributed by atoms with Crippen LogP contribution in [0.2, 0.25) is 0 Å². The van der Waals surface area contributed by atoms with Crippen molar-refractivity contribution >= 4 is 11.9 Å². The molecule has 0 aliphatic carbocycles. The Morgan fingerprint density at radius 1 is 1.50 bits per heavy atom. The van der Waals surface area contributed by atoms with Crippen LogP contribution in [-0.2, 0) is 14.3 Å². The number of rotatable bonds is 3. The Bertz CT molecular complexity index is 227. The molecule has 0 aromatic rings. The van der Waals surface area contributed by atoms with E-state index in [1.807, 2.05) is 0 Å². The van der Waals surface area contributed by atoms with E-state index in [4.69, 9.17) is 0 Å². The van der Waals surface area contributed by atoms with Crippen molar-refractivity contribution in [3.8, 4) is 0 Å². The van der Waals surface area contributed by atoms with Crippen molar-refractivity contribution in [1.29, 1.82) is 0 Å². The van der Waals surface area contributed by atoms with Crippen LogP contribution in [0.4, 0.5) is 13.2 Å². The zero-order valence-corrected chi connectivity index (χ0v) is 7.35. The summed E-state index contributed by atoms with van der Waals surface area (Å²) in [6.45, 7) is 3.15. The van der Waals surface area contributed by atoms with Gasteiger partial charge in [0.05, 0.1) is 13.5 Å². The van der Waals surface area contributed by atoms with Crippen molar-refractivity contribution < 1.29 is 27.5 Å². The Hall–Kier alpha value is -1.27. The molecule has 0 aliphatic heterocycles. The molecular weight excluding hydrogens is 203 g/mol. The summed E-state index contributed by atoms with van der Waals surface area (Å²) in [6.07, 6.45) is -5.37. The van der Waals surface area contributed by atoms with Gasteiger partial charge in [0.2, 0.25) is 0 Å². The number of ether oxygens (including phenoxy) is 1. The zero-order chi connectivity index (χ0) is 11.4. The summed E-state index contributed by atoms with van der Waals surface area (Å²) in [5.41, 5.74) is 0. The molecule has 0 spiro atoms. The largest absolute Gasteiger partial charge is 0.471 e. The average molecular weight is 212 g/mol. The smallest absolute Gasteiger partial charge is 0.469 e. The molecule has 14 heavy (non-hydrogen) atoms. The van der Waals surface area contributed by atoms with Crippen molar-refractivity contribution in [2.24, 2.45) is 0 Å². The van der Waals surface area contributed by atoms with Crippen molar-refractivity contribution in [2.45, 2.75) is 18.6 Å². The van der Waals surface area contributed by atoms with Gasteiger partial charge in [-0.05, 0) is 6.92 Å². The summed E-state index contributed by atoms with van der Waals surface area (Å²) in [5.74, 6) is -2.87. The molecule has 0 fully saturated rings. The standard InChI is InChI=1S/C7H9F3NO3/c1-4(3-5(12)14-2)11-6(13)7(8,9)10/h4H,1,3H2,2H3,(H,11,13)/t4-/m1/s1. The first-order valence-electron chi connectivity index (χ1n) is 3.55. The number of hydrogen-bond acceptors (Lipinski definition) is 3. The predicted octanol–water partition coefficient (Wildman–Crippen LogP) is 0.431. The number of nitrogens with one attached hydrogen (secondary N) is 1. The van der Waals surface area contributed by atoms with E-state index in [-0.39, 0.29) is 0 Å². The fourth-order valence-corrected chi connectivity index (χ4v) is 0.603. The molecule has 0 saturated heterocycles. The van der Waals surface area contributed by atoms with Crippen LogP contribution in [-0.4, -0.2) is 31.2 Å². The van der Waals surface area contributed by atoms with Gasteiger partial charge >= 0.3 is 18.1 Å². The molecule has 1 N–H and O–H groups in total. The number of methoxy groups -OCH3 is 1. The Morgan fingerprint density at radius 2 is 2.00 bits per heavy atom. The van der Waals surface area contributed by atoms with Crippen molar-refractivity contribution in [3.63, 3.8) is 0 Å². The van der Waals surface area contributed by atoms with E-state index in [9.17, 15) is 22.8 Å². The van der Waals surface area contributed by atoms with E-state index in [2.05, 4.69) is 11.7 Å². The molecular formula is C7H9F3NO3. The van der Waals surface area contributed by atoms with E-state index >= 15 is 0 Å². The highest BCUT2D eigenvalue weighted by Gasteiger charge is 2.39. The molecule has 0 bridgehead atoms. The van der Waals surface area contributed by atoms with E-state index in [0.29, 0.717) is 0 Å². The van der Waals surface area contributed by atoms with Gasteiger partial charge in [-0.15, -0.1) is 0 Å². The molecule has 81 valence electrons. The van der Waals surface area contributed by atoms with Gasteiger partial charge in [-0.3, -0.25) is 9.59 Å². The Morgan fingerprint density at radius 3 is 2.36 bits per heavy atom. The van der Waals surface area contributed by atoms with Gasteiger partial charge in [0, 0.05) is 6.04 Å². The number of esters is 1. The van der Waals surface area contributed by atoms with Crippen LogP contribution in [0.15, 0.2) is 0 Å². The monoisotopic (exact) mass is 212 g/mol. The van der Waals surface area contributed by atoms with Crippen LogP contribution in [0.3, 0.4) is 0 Å². The molecule has 1 radical (unpaired) electrons. The number of alkyl halides is 3. The minimum absolute atomic E-state index is 0.404. The lowest BCUT2D eigenvalue weighted by atomic mass is 10.2. The first kappa shape index (κ1) is 12.7. The van der Waals surface area contributed by atoms with Crippen LogP contribution in [0.25, 0.3) is 0 Å². The number of amides is 1. The lowest BCUT2D eigenvalue weighted by molar-refractivity contribution is -0.174. The Balaban J connectivity index is 4.01. The first-order chi connectivity index (χ1) is 6.27. The fourth-order valence-electron chi connectivity index (χ4n) is 0.603. The van der Waals surface area contributed by atoms with E-state index in [0.717, 1.165) is 7.11 Å². The third-order valence-electron chi connectivity index (χ3n) is 1.23. The topological polar surface area (TPSA) is 55.4 Å². The molecule has 1 amide bonds. The lowest BCUT2D eigenvalue weighted by Crippen LogP contribution is -2.42. The minimum Gasteiger partial charge on any atom is -0.469 e. The highest BCUT2D eigenvalue weighted by Crippen LogP contribution is 2.14. The van der Waals surface area contributed by atoms with Crippen molar-refractivity contribution in [3.05, 3.63) is 6.92 Å². The quantitative estimate of drug-likeness (QED) is 0.690. The summed E-state index contributed by atoms with van der Waals surface area (Å²) >= 11 is 0. The third-order valence-corrected chi connectivity index (χ3v) is 1.23. The SMILES string of the molecule is [CH2][C@H](CC(=O)OC)NC(=O)C(F)(F)F. The molecule has 0 unspecified atom stereocenters. The van der Waals surface area contributed by atoms with E-state index in [1.54, 1.807) is 0 Å². The normalized spacial score (nSPS) is 13.2. The third kappa shape index (κ3) is 4.68. The zero-order valence-electron chi connectivity index (χ0n) is 7.35. The summed E-state index contributed by atoms with van der Waals surface area (Å²) in [4.78, 5) is 20.9. The van der Waals surface area contributed by atoms with Crippen molar-refractivity contribution in [1.82, 2.24) is 5.32 Å². The summed E-state index contributed by atoms with van der Waals surface area (Å²) in [6, 6.07) is -1.16. The van der Waals surface area contributed by atoms with Gasteiger partial charge in [-0.25, -0.2) is 0 Å². The van der Waals surface area contributed by atoms with Gasteiger partial charge < -0.3 is 10.1 Å². The van der Waals surface area contributed by atoms with Gasteiger partial charge in [-0.1, -0.05) is 0 Å². The number of halogens is 3. The molecule has 0 rings (SSSR count). The number of carbonyl (C=O) groups excluding carboxylic acids is 2. The van der Waals surface area contributed by atoms with Gasteiger partial charge in [0.25, 0.3) is 0 Å². The number of hydrogen-bond donors (Lipinski definition) is 1. The summed E-state index contributed by atoms with van der Waals surface area (Å²) in [7, 11) is 1.08. The lowest BCUT2D eigenvalue weighted by Gasteiger charge is -2.13. The Labute approximate surface area is 78.4 Å². The van der Waals surface area contributed by atoms with Crippen LogP contribution in [0, 0.1) is 6.92 Å². The van der Waals surface area contributed by atoms with Crippen LogP contribution < -0.4 is 5.32 Å². The minimum atomic E-state index is -4.97. The maximum Gasteiger partial charge on any atom is 0.471 e. The summed E-state index contributed by atoms with van der Waals surface area (Å²) < 4.78 is 39.2. The Kier molecular flexibility index (Phi) is 4.39. The van der Waals surface area contributed by atoms with Gasteiger partial charge in [0.15, 0.2) is 0 Å². The molecule has 0 aromatic heterocycles. The highest BCUT2D eigenvalue weighted by molar-refractivity contribution is 5.82. The molecule has 0 aliphatic rings. The predicted molar refractivity (Wildman–Crippen MR) is 40.0 cm³/mol. The molecule has 0 saturated carbocycles. The van der Waals surface area contributed by atoms with Crippen LogP contribution in [0.5, 0.6) is 0 Å². The number of carbonyl (C=O) groups is 2. The second kappa shape index (κ2) is 4.83. The van der Waals surface area contributed by atoms with E-state index in [1.165, 1.54) is 5.32 Å². The van der Waals surface area contributed by atoms with Crippen LogP contribution >= 0.6 is 0 Å². The van der Waals surface area contributed by atoms with E-state index < -0.39 is 30.5 Å². The van der Waals surface area contributed by atoms with Crippen molar-refractivity contribution in [2.75, 3.05) is 7.11 Å². The maximum atomic E-state index is 11.7. The fraction of sp³-hybridized carbons (Fsp3) is 0.571. The summed E-state index contributed by atoms with van der Waals surface area (Å²) in [5, 5.41) is 1.51. The second-order valence-corrected chi connectivity index (χ2v) is 2.45. The van der Waals surface area contributed by atoms with Crippen LogP contribution in [0.1, 0.15) is 6.42 Å². The molecule has 4 nitrogen and oxygen atoms in total. The molecule has 0 heterocycles. The highest BCUT2D eigenvalue weighted by atomic mass is 19.4. The average Bonchev–Trinajstić information content (AvgIpc) is 2.02. The molecule has 0 aromatic carbocycles. The van der Waals surface area contributed by atoms with Gasteiger partial charge in [0.1, 0.15) is 0 Å². The molecule has 7 heteroatoms. The molecule has 1 atom stereocenters. The van der Waals surface area contributed by atoms with Gasteiger partial charge in [-0.2, -0.15) is 13.2 Å². The maximum absolute atomic E-state index is 11.7. The second-order valence-electron chi connectivity index (χ2n) is 2.45. The first-order valence-corrected chi connectivity index (χ1v) is 3.55.